The molecule has 25 heavy (non-hydrogen) atoms. The molecule has 1 aromatic heterocycles. The Labute approximate surface area is 150 Å². The first-order valence-electron chi connectivity index (χ1n) is 7.95. The van der Waals surface area contributed by atoms with Gasteiger partial charge in [-0.1, -0.05) is 36.4 Å². The Morgan fingerprint density at radius 1 is 1.16 bits per heavy atom. The summed E-state index contributed by atoms with van der Waals surface area (Å²) < 4.78 is 5.91. The molecule has 5 heteroatoms. The molecule has 4 nitrogen and oxygen atoms in total. The molecule has 0 aliphatic rings. The van der Waals surface area contributed by atoms with Gasteiger partial charge in [-0.05, 0) is 36.6 Å². The summed E-state index contributed by atoms with van der Waals surface area (Å²) in [6.45, 7) is 4.62. The fraction of sp³-hybridized carbons (Fsp3) is 0.200. The lowest BCUT2D eigenvalue weighted by Gasteiger charge is -2.11. The number of hydrogen-bond donors (Lipinski definition) is 0. The van der Waals surface area contributed by atoms with E-state index in [4.69, 9.17) is 4.74 Å². The van der Waals surface area contributed by atoms with Crippen LogP contribution in [0.15, 0.2) is 47.8 Å². The fourth-order valence-electron chi connectivity index (χ4n) is 2.45. The number of rotatable bonds is 6. The van der Waals surface area contributed by atoms with Crippen LogP contribution in [0.1, 0.15) is 22.4 Å². The maximum atomic E-state index is 10.6. The van der Waals surface area contributed by atoms with Gasteiger partial charge in [-0.15, -0.1) is 11.3 Å². The van der Waals surface area contributed by atoms with E-state index < -0.39 is 5.97 Å². The quantitative estimate of drug-likeness (QED) is 0.683. The van der Waals surface area contributed by atoms with E-state index in [1.165, 1.54) is 16.9 Å². The van der Waals surface area contributed by atoms with Crippen molar-refractivity contribution in [2.75, 3.05) is 0 Å². The lowest BCUT2D eigenvalue weighted by Crippen LogP contribution is -2.24. The Hall–Kier alpha value is -2.66. The zero-order chi connectivity index (χ0) is 17.8. The fourth-order valence-corrected chi connectivity index (χ4v) is 3.28. The summed E-state index contributed by atoms with van der Waals surface area (Å²) in [7, 11) is 0. The number of carboxylic acids is 1. The average Bonchev–Trinajstić information content (AvgIpc) is 3.04. The number of nitrogens with zero attached hydrogens (tertiary/aromatic N) is 1. The number of thiazole rings is 1. The van der Waals surface area contributed by atoms with Crippen molar-refractivity contribution in [2.45, 2.75) is 26.9 Å². The van der Waals surface area contributed by atoms with Crippen molar-refractivity contribution < 1.29 is 14.6 Å². The number of carbonyl (C=O) groups is 1. The molecule has 0 atom stereocenters. The summed E-state index contributed by atoms with van der Waals surface area (Å²) in [6, 6.07) is 14.0. The minimum absolute atomic E-state index is 0.154. The Bertz CT molecular complexity index is 884. The molecule has 0 aliphatic heterocycles. The summed E-state index contributed by atoms with van der Waals surface area (Å²) in [5.74, 6) is -0.216. The maximum absolute atomic E-state index is 10.6. The molecule has 0 radical (unpaired) electrons. The molecule has 0 saturated carbocycles. The Morgan fingerprint density at radius 2 is 1.92 bits per heavy atom. The highest BCUT2D eigenvalue weighted by atomic mass is 32.1. The van der Waals surface area contributed by atoms with Crippen LogP contribution in [-0.2, 0) is 17.8 Å². The maximum Gasteiger partial charge on any atom is 0.123 e. The van der Waals surface area contributed by atoms with Crippen LogP contribution in [0.25, 0.3) is 10.6 Å². The van der Waals surface area contributed by atoms with Crippen molar-refractivity contribution in [1.82, 2.24) is 4.98 Å². The van der Waals surface area contributed by atoms with Crippen molar-refractivity contribution in [2.24, 2.45) is 0 Å². The summed E-state index contributed by atoms with van der Waals surface area (Å²) in [6.07, 6.45) is -0.154. The van der Waals surface area contributed by atoms with Gasteiger partial charge in [0.05, 0.1) is 5.69 Å². The van der Waals surface area contributed by atoms with Gasteiger partial charge in [0.2, 0.25) is 0 Å². The number of ether oxygens (including phenoxy) is 1. The summed E-state index contributed by atoms with van der Waals surface area (Å²) in [5.41, 5.74) is 4.93. The average molecular weight is 352 g/mol. The number of carboxylic acid groups (broad SMARTS) is 1. The van der Waals surface area contributed by atoms with Crippen LogP contribution in [-0.4, -0.2) is 11.0 Å². The molecule has 2 aromatic carbocycles. The third-order valence-electron chi connectivity index (χ3n) is 4.03. The molecule has 3 rings (SSSR count). The largest absolute Gasteiger partial charge is 0.550 e. The molecule has 0 spiro atoms. The smallest absolute Gasteiger partial charge is 0.123 e. The highest BCUT2D eigenvalue weighted by Crippen LogP contribution is 2.25. The zero-order valence-electron chi connectivity index (χ0n) is 14.1. The minimum atomic E-state index is -1.12. The van der Waals surface area contributed by atoms with Crippen LogP contribution in [0.5, 0.6) is 5.75 Å². The molecule has 0 amide bonds. The van der Waals surface area contributed by atoms with Crippen LogP contribution in [0.4, 0.5) is 0 Å². The van der Waals surface area contributed by atoms with Crippen molar-refractivity contribution in [3.8, 4) is 16.3 Å². The van der Waals surface area contributed by atoms with Gasteiger partial charge in [-0.25, -0.2) is 4.98 Å². The molecule has 0 unspecified atom stereocenters. The number of carbonyl (C=O) groups excluding carboxylic acids is 1. The van der Waals surface area contributed by atoms with E-state index in [9.17, 15) is 9.90 Å². The highest BCUT2D eigenvalue weighted by Gasteiger charge is 2.06. The minimum Gasteiger partial charge on any atom is -0.550 e. The second-order valence-corrected chi connectivity index (χ2v) is 6.73. The zero-order valence-corrected chi connectivity index (χ0v) is 14.9. The van der Waals surface area contributed by atoms with E-state index in [0.717, 1.165) is 27.4 Å². The van der Waals surface area contributed by atoms with Crippen LogP contribution in [0, 0.1) is 13.8 Å². The van der Waals surface area contributed by atoms with Crippen molar-refractivity contribution in [3.63, 3.8) is 0 Å². The molecule has 3 aromatic rings. The molecule has 0 aliphatic carbocycles. The molecular formula is C20H18NO3S-. The number of hydrogen-bond acceptors (Lipinski definition) is 5. The number of aryl methyl sites for hydroxylation is 1. The monoisotopic (exact) mass is 352 g/mol. The first-order chi connectivity index (χ1) is 12.0. The summed E-state index contributed by atoms with van der Waals surface area (Å²) in [5, 5.41) is 13.2. The first kappa shape index (κ1) is 17.2. The molecule has 0 N–H and O–H groups in total. The van der Waals surface area contributed by atoms with E-state index in [2.05, 4.69) is 24.9 Å². The molecule has 128 valence electrons. The summed E-state index contributed by atoms with van der Waals surface area (Å²) >= 11 is 1.43. The standard InChI is InChI=1S/C20H19NO3S/c1-13-4-3-5-18(14(13)2)24-11-15-6-8-16(9-7-15)20-21-17(12-25-20)10-19(22)23/h3-9,12H,10-11H2,1-2H3,(H,22,23)/p-1. The normalized spacial score (nSPS) is 10.6. The first-order valence-corrected chi connectivity index (χ1v) is 8.83. The highest BCUT2D eigenvalue weighted by molar-refractivity contribution is 7.13. The van der Waals surface area contributed by atoms with E-state index in [-0.39, 0.29) is 6.42 Å². The van der Waals surface area contributed by atoms with E-state index >= 15 is 0 Å². The predicted octanol–water partition coefficient (Wildman–Crippen LogP) is 3.30. The Kier molecular flexibility index (Phi) is 5.14. The van der Waals surface area contributed by atoms with Crippen LogP contribution in [0.3, 0.4) is 0 Å². The molecule has 0 saturated heterocycles. The van der Waals surface area contributed by atoms with E-state index in [1.807, 2.05) is 36.4 Å². The second-order valence-electron chi connectivity index (χ2n) is 5.88. The molecule has 0 bridgehead atoms. The number of aliphatic carboxylic acids is 1. The Morgan fingerprint density at radius 3 is 2.64 bits per heavy atom. The van der Waals surface area contributed by atoms with Gasteiger partial charge in [0.1, 0.15) is 17.4 Å². The van der Waals surface area contributed by atoms with Crippen LogP contribution in [0.2, 0.25) is 0 Å². The summed E-state index contributed by atoms with van der Waals surface area (Å²) in [4.78, 5) is 15.0. The molecular weight excluding hydrogens is 334 g/mol. The number of aromatic nitrogens is 1. The van der Waals surface area contributed by atoms with Crippen molar-refractivity contribution in [1.29, 1.82) is 0 Å². The van der Waals surface area contributed by atoms with Crippen LogP contribution < -0.4 is 9.84 Å². The van der Waals surface area contributed by atoms with Crippen molar-refractivity contribution >= 4 is 17.3 Å². The van der Waals surface area contributed by atoms with E-state index in [1.54, 1.807) is 5.38 Å². The molecule has 0 fully saturated rings. The van der Waals surface area contributed by atoms with Gasteiger partial charge in [-0.2, -0.15) is 0 Å². The Balaban J connectivity index is 1.67. The van der Waals surface area contributed by atoms with Crippen LogP contribution >= 0.6 is 11.3 Å². The lowest BCUT2D eigenvalue weighted by atomic mass is 10.1. The number of benzene rings is 2. The second kappa shape index (κ2) is 7.49. The molecule has 1 heterocycles. The van der Waals surface area contributed by atoms with Gasteiger partial charge in [-0.3, -0.25) is 0 Å². The van der Waals surface area contributed by atoms with Gasteiger partial charge in [0, 0.05) is 23.3 Å². The van der Waals surface area contributed by atoms with Gasteiger partial charge in [0.15, 0.2) is 0 Å². The third kappa shape index (κ3) is 4.25. The third-order valence-corrected chi connectivity index (χ3v) is 4.97. The van der Waals surface area contributed by atoms with Gasteiger partial charge >= 0.3 is 0 Å². The SMILES string of the molecule is Cc1cccc(OCc2ccc(-c3nc(CC(=O)[O-])cs3)cc2)c1C. The van der Waals surface area contributed by atoms with E-state index in [0.29, 0.717) is 12.3 Å². The topological polar surface area (TPSA) is 62.2 Å². The van der Waals surface area contributed by atoms with Gasteiger partial charge < -0.3 is 14.6 Å². The van der Waals surface area contributed by atoms with Gasteiger partial charge in [0.25, 0.3) is 0 Å². The lowest BCUT2D eigenvalue weighted by molar-refractivity contribution is -0.304. The van der Waals surface area contributed by atoms with Crippen molar-refractivity contribution in [3.05, 3.63) is 70.2 Å². The predicted molar refractivity (Wildman–Crippen MR) is 96.5 cm³/mol.